The molecule has 0 heterocycles. The number of nitrogens with two attached hydrogens (primary N) is 1. The zero-order valence-corrected chi connectivity index (χ0v) is 17.0. The number of anilines is 1. The average Bonchev–Trinajstić information content (AvgIpc) is 2.62. The third-order valence-electron chi connectivity index (χ3n) is 3.52. The first kappa shape index (κ1) is 21.1. The Morgan fingerprint density at radius 1 is 1.12 bits per heavy atom. The topological polar surface area (TPSA) is 68.9 Å². The molecule has 2 rings (SSSR count). The first-order valence-corrected chi connectivity index (χ1v) is 8.14. The fourth-order valence-electron chi connectivity index (χ4n) is 2.18. The van der Waals surface area contributed by atoms with Crippen molar-refractivity contribution >= 4 is 35.6 Å². The Labute approximate surface area is 166 Å². The predicted octanol–water partition coefficient (Wildman–Crippen LogP) is 4.07. The molecule has 0 fully saturated rings. The molecule has 25 heavy (non-hydrogen) atoms. The summed E-state index contributed by atoms with van der Waals surface area (Å²) in [6.45, 7) is 3.33. The Morgan fingerprint density at radius 3 is 2.52 bits per heavy atom. The van der Waals surface area contributed by atoms with Gasteiger partial charge in [-0.25, -0.2) is 0 Å². The number of rotatable bonds is 8. The van der Waals surface area contributed by atoms with Gasteiger partial charge < -0.3 is 20.5 Å². The smallest absolute Gasteiger partial charge is 0.193 e. The van der Waals surface area contributed by atoms with Crippen LogP contribution in [0.1, 0.15) is 18.9 Å². The summed E-state index contributed by atoms with van der Waals surface area (Å²) in [6, 6.07) is 15.7. The molecule has 0 amide bonds. The fourth-order valence-corrected chi connectivity index (χ4v) is 2.18. The number of ether oxygens (including phenoxy) is 2. The molecule has 2 aromatic carbocycles. The van der Waals surface area contributed by atoms with Crippen molar-refractivity contribution < 1.29 is 9.47 Å². The highest BCUT2D eigenvalue weighted by Gasteiger charge is 1.98. The van der Waals surface area contributed by atoms with E-state index in [9.17, 15) is 0 Å². The van der Waals surface area contributed by atoms with Gasteiger partial charge in [0, 0.05) is 18.7 Å². The molecule has 0 aromatic heterocycles. The number of aliphatic imine (C=N–C) groups is 1. The van der Waals surface area contributed by atoms with Crippen LogP contribution in [0.25, 0.3) is 0 Å². The van der Waals surface area contributed by atoms with Gasteiger partial charge in [-0.1, -0.05) is 19.1 Å². The van der Waals surface area contributed by atoms with Gasteiger partial charge in [0.25, 0.3) is 0 Å². The first-order valence-electron chi connectivity index (χ1n) is 8.14. The molecule has 0 unspecified atom stereocenters. The van der Waals surface area contributed by atoms with Crippen molar-refractivity contribution in [1.82, 2.24) is 0 Å². The average molecular weight is 455 g/mol. The number of halogens is 1. The lowest BCUT2D eigenvalue weighted by Crippen LogP contribution is -2.23. The van der Waals surface area contributed by atoms with Gasteiger partial charge in [0.1, 0.15) is 11.5 Å². The van der Waals surface area contributed by atoms with Gasteiger partial charge in [-0.15, -0.1) is 24.0 Å². The van der Waals surface area contributed by atoms with Gasteiger partial charge in [0.15, 0.2) is 5.96 Å². The van der Waals surface area contributed by atoms with Crippen LogP contribution in [-0.2, 0) is 6.42 Å². The highest BCUT2D eigenvalue weighted by molar-refractivity contribution is 14.0. The summed E-state index contributed by atoms with van der Waals surface area (Å²) in [5.41, 5.74) is 8.13. The van der Waals surface area contributed by atoms with Crippen LogP contribution in [-0.4, -0.2) is 26.2 Å². The molecule has 0 saturated heterocycles. The summed E-state index contributed by atoms with van der Waals surface area (Å²) in [5.74, 6) is 2.06. The maximum atomic E-state index is 5.91. The maximum Gasteiger partial charge on any atom is 0.193 e. The second kappa shape index (κ2) is 11.6. The molecule has 0 bridgehead atoms. The highest BCUT2D eigenvalue weighted by Crippen LogP contribution is 2.17. The second-order valence-corrected chi connectivity index (χ2v) is 5.32. The molecule has 0 aliphatic heterocycles. The summed E-state index contributed by atoms with van der Waals surface area (Å²) in [4.78, 5) is 4.32. The minimum Gasteiger partial charge on any atom is -0.497 e. The van der Waals surface area contributed by atoms with Crippen molar-refractivity contribution in [2.24, 2.45) is 10.7 Å². The number of nitrogens with zero attached hydrogens (tertiary/aromatic N) is 1. The van der Waals surface area contributed by atoms with Crippen LogP contribution in [0.4, 0.5) is 5.69 Å². The molecule has 0 atom stereocenters. The quantitative estimate of drug-likeness (QED) is 0.273. The van der Waals surface area contributed by atoms with Crippen LogP contribution in [0, 0.1) is 0 Å². The van der Waals surface area contributed by atoms with E-state index in [2.05, 4.69) is 29.4 Å². The minimum atomic E-state index is 0. The van der Waals surface area contributed by atoms with Gasteiger partial charge in [-0.3, -0.25) is 4.99 Å². The Morgan fingerprint density at radius 2 is 1.84 bits per heavy atom. The maximum absolute atomic E-state index is 5.91. The van der Waals surface area contributed by atoms with Crippen molar-refractivity contribution in [2.75, 3.05) is 25.6 Å². The number of guanidine groups is 1. The molecule has 0 aliphatic rings. The standard InChI is InChI=1S/C19H25N3O2.HI/c1-3-15-6-4-7-16(14-15)22-19(20)21-12-5-13-24-18-10-8-17(23-2)9-11-18;/h4,6-11,14H,3,5,12-13H2,1-2H3,(H3,20,21,22);1H. The number of hydrogen-bond donors (Lipinski definition) is 2. The van der Waals surface area contributed by atoms with E-state index in [0.29, 0.717) is 19.1 Å². The van der Waals surface area contributed by atoms with E-state index in [1.807, 2.05) is 36.4 Å². The lowest BCUT2D eigenvalue weighted by molar-refractivity contribution is 0.313. The van der Waals surface area contributed by atoms with E-state index in [1.165, 1.54) is 5.56 Å². The number of hydrogen-bond acceptors (Lipinski definition) is 3. The van der Waals surface area contributed by atoms with Crippen LogP contribution in [0.3, 0.4) is 0 Å². The number of aryl methyl sites for hydroxylation is 1. The fraction of sp³-hybridized carbons (Fsp3) is 0.316. The van der Waals surface area contributed by atoms with E-state index >= 15 is 0 Å². The summed E-state index contributed by atoms with van der Waals surface area (Å²) >= 11 is 0. The lowest BCUT2D eigenvalue weighted by atomic mass is 10.1. The van der Waals surface area contributed by atoms with Crippen molar-refractivity contribution in [2.45, 2.75) is 19.8 Å². The van der Waals surface area contributed by atoms with E-state index in [-0.39, 0.29) is 24.0 Å². The molecule has 6 heteroatoms. The van der Waals surface area contributed by atoms with Gasteiger partial charge in [0.05, 0.1) is 13.7 Å². The third kappa shape index (κ3) is 7.64. The molecule has 0 aliphatic carbocycles. The molecule has 2 aromatic rings. The normalized spacial score (nSPS) is 10.7. The molecule has 3 N–H and O–H groups in total. The summed E-state index contributed by atoms with van der Waals surface area (Å²) < 4.78 is 10.8. The minimum absolute atomic E-state index is 0. The zero-order chi connectivity index (χ0) is 17.2. The summed E-state index contributed by atoms with van der Waals surface area (Å²) in [6.07, 6.45) is 1.79. The number of benzene rings is 2. The van der Waals surface area contributed by atoms with E-state index in [1.54, 1.807) is 7.11 Å². The van der Waals surface area contributed by atoms with E-state index < -0.39 is 0 Å². The van der Waals surface area contributed by atoms with Crippen LogP contribution in [0.2, 0.25) is 0 Å². The molecular weight excluding hydrogens is 429 g/mol. The molecule has 136 valence electrons. The number of nitrogens with one attached hydrogen (secondary N) is 1. The third-order valence-corrected chi connectivity index (χ3v) is 3.52. The largest absolute Gasteiger partial charge is 0.497 e. The van der Waals surface area contributed by atoms with E-state index in [0.717, 1.165) is 30.0 Å². The Kier molecular flexibility index (Phi) is 9.76. The van der Waals surface area contributed by atoms with Crippen LogP contribution < -0.4 is 20.5 Å². The Bertz CT molecular complexity index is 660. The van der Waals surface area contributed by atoms with Crippen molar-refractivity contribution in [3.8, 4) is 11.5 Å². The first-order chi connectivity index (χ1) is 11.7. The van der Waals surface area contributed by atoms with Gasteiger partial charge in [-0.05, 0) is 48.4 Å². The molecule has 0 radical (unpaired) electrons. The lowest BCUT2D eigenvalue weighted by Gasteiger charge is -2.08. The van der Waals surface area contributed by atoms with Crippen molar-refractivity contribution in [3.63, 3.8) is 0 Å². The summed E-state index contributed by atoms with van der Waals surface area (Å²) in [7, 11) is 1.64. The van der Waals surface area contributed by atoms with Gasteiger partial charge in [-0.2, -0.15) is 0 Å². The van der Waals surface area contributed by atoms with Crippen LogP contribution >= 0.6 is 24.0 Å². The van der Waals surface area contributed by atoms with Gasteiger partial charge >= 0.3 is 0 Å². The van der Waals surface area contributed by atoms with E-state index in [4.69, 9.17) is 15.2 Å². The molecular formula is C19H26IN3O2. The molecule has 5 nitrogen and oxygen atoms in total. The Balaban J connectivity index is 0.00000312. The number of methoxy groups -OCH3 is 1. The van der Waals surface area contributed by atoms with Crippen LogP contribution in [0.15, 0.2) is 53.5 Å². The highest BCUT2D eigenvalue weighted by atomic mass is 127. The Hall–Kier alpha value is -1.96. The van der Waals surface area contributed by atoms with Crippen LogP contribution in [0.5, 0.6) is 11.5 Å². The SMILES string of the molecule is CCc1cccc(NC(N)=NCCCOc2ccc(OC)cc2)c1.I. The second-order valence-electron chi connectivity index (χ2n) is 5.32. The van der Waals surface area contributed by atoms with Crippen molar-refractivity contribution in [1.29, 1.82) is 0 Å². The molecule has 0 saturated carbocycles. The predicted molar refractivity (Wildman–Crippen MR) is 114 cm³/mol. The van der Waals surface area contributed by atoms with Gasteiger partial charge in [0.2, 0.25) is 0 Å². The monoisotopic (exact) mass is 455 g/mol. The summed E-state index contributed by atoms with van der Waals surface area (Å²) in [5, 5.41) is 3.11. The van der Waals surface area contributed by atoms with Crippen molar-refractivity contribution in [3.05, 3.63) is 54.1 Å². The molecule has 0 spiro atoms. The zero-order valence-electron chi connectivity index (χ0n) is 14.7.